The summed E-state index contributed by atoms with van der Waals surface area (Å²) >= 11 is 0. The monoisotopic (exact) mass is 303 g/mol. The second kappa shape index (κ2) is 6.51. The number of nitrogen functional groups attached to an aromatic ring is 1. The molecule has 0 aliphatic carbocycles. The molecule has 0 radical (unpaired) electrons. The lowest BCUT2D eigenvalue weighted by Gasteiger charge is -2.13. The third kappa shape index (κ3) is 3.05. The standard InChI is InChI=1S/C16H18FN3O2/c1-3-4-9-20-16(22)14(18)13(10(2)21)15(19-20)11-5-7-12(17)8-6-11/h5-8H,3-4,9,18H2,1-2H3. The Morgan fingerprint density at radius 1 is 1.32 bits per heavy atom. The molecule has 0 fully saturated rings. The molecule has 22 heavy (non-hydrogen) atoms. The van der Waals surface area contributed by atoms with Gasteiger partial charge < -0.3 is 5.73 Å². The lowest BCUT2D eigenvalue weighted by Crippen LogP contribution is -2.29. The molecule has 2 aromatic rings. The Morgan fingerprint density at radius 2 is 1.95 bits per heavy atom. The molecule has 2 rings (SSSR count). The molecule has 0 unspecified atom stereocenters. The Kier molecular flexibility index (Phi) is 4.70. The Bertz CT molecular complexity index is 751. The minimum absolute atomic E-state index is 0.0874. The van der Waals surface area contributed by atoms with Crippen LogP contribution in [0.4, 0.5) is 10.1 Å². The minimum Gasteiger partial charge on any atom is -0.394 e. The highest BCUT2D eigenvalue weighted by Crippen LogP contribution is 2.24. The fraction of sp³-hybridized carbons (Fsp3) is 0.312. The van der Waals surface area contributed by atoms with E-state index in [1.807, 2.05) is 6.92 Å². The average molecular weight is 303 g/mol. The summed E-state index contributed by atoms with van der Waals surface area (Å²) in [5, 5.41) is 4.27. The van der Waals surface area contributed by atoms with Crippen molar-refractivity contribution < 1.29 is 9.18 Å². The topological polar surface area (TPSA) is 78.0 Å². The molecule has 0 atom stereocenters. The third-order valence-electron chi connectivity index (χ3n) is 3.38. The van der Waals surface area contributed by atoms with Gasteiger partial charge in [0.25, 0.3) is 5.56 Å². The van der Waals surface area contributed by atoms with Gasteiger partial charge in [-0.15, -0.1) is 0 Å². The number of hydrogen-bond acceptors (Lipinski definition) is 4. The van der Waals surface area contributed by atoms with Gasteiger partial charge in [-0.2, -0.15) is 5.10 Å². The smallest absolute Gasteiger partial charge is 0.290 e. The van der Waals surface area contributed by atoms with Crippen LogP contribution in [0.25, 0.3) is 11.3 Å². The molecular formula is C16H18FN3O2. The van der Waals surface area contributed by atoms with Crippen LogP contribution in [0, 0.1) is 5.82 Å². The zero-order valence-corrected chi connectivity index (χ0v) is 12.6. The highest BCUT2D eigenvalue weighted by atomic mass is 19.1. The van der Waals surface area contributed by atoms with Crippen LogP contribution in [-0.2, 0) is 6.54 Å². The van der Waals surface area contributed by atoms with Gasteiger partial charge >= 0.3 is 0 Å². The molecule has 2 N–H and O–H groups in total. The number of halogens is 1. The number of carbonyl (C=O) groups excluding carboxylic acids is 1. The number of unbranched alkanes of at least 4 members (excludes halogenated alkanes) is 1. The normalized spacial score (nSPS) is 10.7. The molecule has 6 heteroatoms. The van der Waals surface area contributed by atoms with Crippen LogP contribution in [0.1, 0.15) is 37.0 Å². The molecule has 0 amide bonds. The van der Waals surface area contributed by atoms with Gasteiger partial charge in [0.15, 0.2) is 5.78 Å². The SMILES string of the molecule is CCCCn1nc(-c2ccc(F)cc2)c(C(C)=O)c(N)c1=O. The van der Waals surface area contributed by atoms with E-state index < -0.39 is 5.56 Å². The Morgan fingerprint density at radius 3 is 2.50 bits per heavy atom. The number of Topliss-reactive ketones (excluding diaryl/α,β-unsaturated/α-hetero) is 1. The van der Waals surface area contributed by atoms with Gasteiger partial charge in [0, 0.05) is 12.1 Å². The Hall–Kier alpha value is -2.50. The van der Waals surface area contributed by atoms with Gasteiger partial charge in [-0.3, -0.25) is 9.59 Å². The summed E-state index contributed by atoms with van der Waals surface area (Å²) in [6.45, 7) is 3.75. The lowest BCUT2D eigenvalue weighted by atomic mass is 10.0. The van der Waals surface area contributed by atoms with Crippen molar-refractivity contribution in [2.24, 2.45) is 0 Å². The second-order valence-corrected chi connectivity index (χ2v) is 5.08. The third-order valence-corrected chi connectivity index (χ3v) is 3.38. The van der Waals surface area contributed by atoms with Gasteiger partial charge in [0.1, 0.15) is 17.2 Å². The van der Waals surface area contributed by atoms with Crippen LogP contribution in [0.2, 0.25) is 0 Å². The molecule has 1 aromatic carbocycles. The predicted octanol–water partition coefficient (Wildman–Crippen LogP) is 2.63. The zero-order valence-electron chi connectivity index (χ0n) is 12.6. The highest BCUT2D eigenvalue weighted by molar-refractivity contribution is 6.04. The molecule has 0 bridgehead atoms. The number of aromatic nitrogens is 2. The number of ketones is 1. The number of carbonyl (C=O) groups is 1. The van der Waals surface area contributed by atoms with E-state index in [1.54, 1.807) is 0 Å². The molecule has 0 saturated carbocycles. The molecule has 0 aliphatic rings. The maximum atomic E-state index is 13.1. The van der Waals surface area contributed by atoms with Crippen LogP contribution in [-0.4, -0.2) is 15.6 Å². The zero-order chi connectivity index (χ0) is 16.3. The van der Waals surface area contributed by atoms with Crippen LogP contribution in [0.5, 0.6) is 0 Å². The fourth-order valence-corrected chi connectivity index (χ4v) is 2.22. The summed E-state index contributed by atoms with van der Waals surface area (Å²) in [6, 6.07) is 5.58. The van der Waals surface area contributed by atoms with E-state index in [0.29, 0.717) is 17.8 Å². The van der Waals surface area contributed by atoms with Gasteiger partial charge in [-0.25, -0.2) is 9.07 Å². The predicted molar refractivity (Wildman–Crippen MR) is 83.2 cm³/mol. The number of anilines is 1. The van der Waals surface area contributed by atoms with Crippen molar-refractivity contribution in [1.82, 2.24) is 9.78 Å². The highest BCUT2D eigenvalue weighted by Gasteiger charge is 2.19. The quantitative estimate of drug-likeness (QED) is 0.861. The Balaban J connectivity index is 2.68. The number of hydrogen-bond donors (Lipinski definition) is 1. The van der Waals surface area contributed by atoms with Crippen molar-refractivity contribution in [2.45, 2.75) is 33.2 Å². The van der Waals surface area contributed by atoms with Gasteiger partial charge in [0.2, 0.25) is 0 Å². The summed E-state index contributed by atoms with van der Waals surface area (Å²) < 4.78 is 14.4. The largest absolute Gasteiger partial charge is 0.394 e. The first kappa shape index (κ1) is 15.9. The van der Waals surface area contributed by atoms with E-state index in [2.05, 4.69) is 5.10 Å². The molecule has 1 aromatic heterocycles. The second-order valence-electron chi connectivity index (χ2n) is 5.08. The van der Waals surface area contributed by atoms with Crippen LogP contribution in [0.15, 0.2) is 29.1 Å². The van der Waals surface area contributed by atoms with E-state index >= 15 is 0 Å². The van der Waals surface area contributed by atoms with Crippen molar-refractivity contribution in [2.75, 3.05) is 5.73 Å². The van der Waals surface area contributed by atoms with Crippen LogP contribution >= 0.6 is 0 Å². The number of aryl methyl sites for hydroxylation is 1. The van der Waals surface area contributed by atoms with Crippen molar-refractivity contribution >= 4 is 11.5 Å². The van der Waals surface area contributed by atoms with E-state index in [0.717, 1.165) is 12.8 Å². The molecule has 0 spiro atoms. The number of nitrogens with two attached hydrogens (primary N) is 1. The maximum Gasteiger partial charge on any atom is 0.290 e. The summed E-state index contributed by atoms with van der Waals surface area (Å²) in [7, 11) is 0. The van der Waals surface area contributed by atoms with Gasteiger partial charge in [0.05, 0.1) is 5.56 Å². The summed E-state index contributed by atoms with van der Waals surface area (Å²) in [5.41, 5.74) is 6.21. The number of nitrogens with zero attached hydrogens (tertiary/aromatic N) is 2. The first-order valence-electron chi connectivity index (χ1n) is 7.13. The van der Waals surface area contributed by atoms with Crippen molar-refractivity contribution in [3.05, 3.63) is 46.0 Å². The van der Waals surface area contributed by atoms with Gasteiger partial charge in [-0.1, -0.05) is 13.3 Å². The van der Waals surface area contributed by atoms with Gasteiger partial charge in [-0.05, 0) is 37.6 Å². The summed E-state index contributed by atoms with van der Waals surface area (Å²) in [4.78, 5) is 24.1. The fourth-order valence-electron chi connectivity index (χ4n) is 2.22. The molecule has 116 valence electrons. The molecule has 5 nitrogen and oxygen atoms in total. The number of benzene rings is 1. The summed E-state index contributed by atoms with van der Waals surface area (Å²) in [5.74, 6) is -0.732. The van der Waals surface area contributed by atoms with Crippen molar-refractivity contribution in [3.63, 3.8) is 0 Å². The number of rotatable bonds is 5. The van der Waals surface area contributed by atoms with Crippen LogP contribution < -0.4 is 11.3 Å². The van der Waals surface area contributed by atoms with Crippen LogP contribution in [0.3, 0.4) is 0 Å². The average Bonchev–Trinajstić information content (AvgIpc) is 2.49. The van der Waals surface area contributed by atoms with E-state index in [9.17, 15) is 14.0 Å². The van der Waals surface area contributed by atoms with Crippen molar-refractivity contribution in [3.8, 4) is 11.3 Å². The Labute approximate surface area is 127 Å². The molecule has 0 aliphatic heterocycles. The van der Waals surface area contributed by atoms with E-state index in [1.165, 1.54) is 35.9 Å². The van der Waals surface area contributed by atoms with E-state index in [-0.39, 0.29) is 22.9 Å². The lowest BCUT2D eigenvalue weighted by molar-refractivity contribution is 0.101. The first-order valence-corrected chi connectivity index (χ1v) is 7.13. The van der Waals surface area contributed by atoms with Crippen molar-refractivity contribution in [1.29, 1.82) is 0 Å². The molecule has 1 heterocycles. The maximum absolute atomic E-state index is 13.1. The summed E-state index contributed by atoms with van der Waals surface area (Å²) in [6.07, 6.45) is 1.67. The van der Waals surface area contributed by atoms with E-state index in [4.69, 9.17) is 5.73 Å². The first-order chi connectivity index (χ1) is 10.5. The molecular weight excluding hydrogens is 285 g/mol. The minimum atomic E-state index is -0.468. The molecule has 0 saturated heterocycles.